The molecule has 5 nitrogen and oxygen atoms in total. The van der Waals surface area contributed by atoms with Crippen molar-refractivity contribution in [3.8, 4) is 5.75 Å². The van der Waals surface area contributed by atoms with Crippen LogP contribution in [0.2, 0.25) is 0 Å². The minimum Gasteiger partial charge on any atom is -0.497 e. The number of carbonyl (C=O) groups excluding carboxylic acids is 1. The van der Waals surface area contributed by atoms with Crippen molar-refractivity contribution in [1.82, 2.24) is 0 Å². The minimum absolute atomic E-state index is 0.327. The zero-order chi connectivity index (χ0) is 13.5. The fourth-order valence-electron chi connectivity index (χ4n) is 1.31. The van der Waals surface area contributed by atoms with Crippen LogP contribution in [0.25, 0.3) is 0 Å². The van der Waals surface area contributed by atoms with E-state index in [4.69, 9.17) is 14.6 Å². The first-order valence-corrected chi connectivity index (χ1v) is 5.39. The molecule has 0 saturated heterocycles. The molecule has 98 valence electrons. The van der Waals surface area contributed by atoms with Gasteiger partial charge in [0.2, 0.25) is 0 Å². The van der Waals surface area contributed by atoms with Crippen molar-refractivity contribution in [1.29, 1.82) is 0 Å². The van der Waals surface area contributed by atoms with Gasteiger partial charge in [-0.2, -0.15) is 0 Å². The summed E-state index contributed by atoms with van der Waals surface area (Å²) in [7, 11) is 1.53. The Hall–Kier alpha value is -1.85. The average Bonchev–Trinajstić information content (AvgIpc) is 2.43. The van der Waals surface area contributed by atoms with Crippen LogP contribution in [0.4, 0.5) is 0 Å². The zero-order valence-corrected chi connectivity index (χ0v) is 10.1. The number of methoxy groups -OCH3 is 1. The second kappa shape index (κ2) is 6.78. The Morgan fingerprint density at radius 2 is 2.06 bits per heavy atom. The number of ether oxygens (including phenoxy) is 2. The molecule has 0 aliphatic carbocycles. The molecule has 0 saturated carbocycles. The number of aliphatic hydroxyl groups excluding tert-OH is 2. The molecule has 0 bridgehead atoms. The molecule has 0 aliphatic heterocycles. The van der Waals surface area contributed by atoms with Gasteiger partial charge in [0.15, 0.2) is 0 Å². The van der Waals surface area contributed by atoms with Crippen LogP contribution in [-0.2, 0) is 4.74 Å². The number of hydrogen-bond acceptors (Lipinski definition) is 5. The molecular weight excluding hydrogens is 236 g/mol. The lowest BCUT2D eigenvalue weighted by Gasteiger charge is -2.18. The van der Waals surface area contributed by atoms with E-state index >= 15 is 0 Å². The Morgan fingerprint density at radius 3 is 2.50 bits per heavy atom. The molecule has 0 heterocycles. The molecule has 1 aromatic rings. The highest BCUT2D eigenvalue weighted by Gasteiger charge is 2.20. The Kier molecular flexibility index (Phi) is 5.35. The highest BCUT2D eigenvalue weighted by atomic mass is 16.6. The number of rotatable bonds is 6. The summed E-state index contributed by atoms with van der Waals surface area (Å²) in [6, 6.07) is 6.35. The summed E-state index contributed by atoms with van der Waals surface area (Å²) in [5.41, 5.74) is 0.327. The van der Waals surface area contributed by atoms with E-state index in [0.29, 0.717) is 11.3 Å². The third-order valence-electron chi connectivity index (χ3n) is 2.37. The number of benzene rings is 1. The third kappa shape index (κ3) is 3.58. The van der Waals surface area contributed by atoms with Crippen molar-refractivity contribution < 1.29 is 24.5 Å². The van der Waals surface area contributed by atoms with E-state index in [-0.39, 0.29) is 0 Å². The predicted octanol–water partition coefficient (Wildman–Crippen LogP) is 0.760. The maximum atomic E-state index is 11.7. The molecule has 2 N–H and O–H groups in total. The van der Waals surface area contributed by atoms with E-state index in [2.05, 4.69) is 6.58 Å². The largest absolute Gasteiger partial charge is 0.497 e. The molecule has 0 unspecified atom stereocenters. The monoisotopic (exact) mass is 252 g/mol. The van der Waals surface area contributed by atoms with Crippen LogP contribution in [0.15, 0.2) is 36.9 Å². The highest BCUT2D eigenvalue weighted by Crippen LogP contribution is 2.13. The van der Waals surface area contributed by atoms with Gasteiger partial charge in [0.05, 0.1) is 19.3 Å². The molecule has 0 aromatic heterocycles. The lowest BCUT2D eigenvalue weighted by Crippen LogP contribution is -2.32. The highest BCUT2D eigenvalue weighted by molar-refractivity contribution is 5.89. The second-order valence-electron chi connectivity index (χ2n) is 3.58. The molecule has 1 aromatic carbocycles. The summed E-state index contributed by atoms with van der Waals surface area (Å²) >= 11 is 0. The maximum Gasteiger partial charge on any atom is 0.338 e. The van der Waals surface area contributed by atoms with Crippen LogP contribution in [0, 0.1) is 0 Å². The normalized spacial score (nSPS) is 13.5. The molecule has 0 radical (unpaired) electrons. The van der Waals surface area contributed by atoms with Gasteiger partial charge < -0.3 is 19.7 Å². The molecule has 5 heteroatoms. The van der Waals surface area contributed by atoms with Gasteiger partial charge in [-0.15, -0.1) is 0 Å². The van der Waals surface area contributed by atoms with Gasteiger partial charge in [-0.1, -0.05) is 6.58 Å². The number of carbonyl (C=O) groups is 1. The van der Waals surface area contributed by atoms with E-state index in [1.807, 2.05) is 0 Å². The van der Waals surface area contributed by atoms with Crippen LogP contribution < -0.4 is 4.74 Å². The molecule has 0 amide bonds. The zero-order valence-electron chi connectivity index (χ0n) is 10.1. The van der Waals surface area contributed by atoms with Crippen molar-refractivity contribution in [3.05, 3.63) is 42.5 Å². The Morgan fingerprint density at radius 1 is 1.44 bits per heavy atom. The van der Waals surface area contributed by atoms with E-state index in [0.717, 1.165) is 0 Å². The van der Waals surface area contributed by atoms with Crippen molar-refractivity contribution in [2.24, 2.45) is 0 Å². The number of hydrogen-bond donors (Lipinski definition) is 2. The van der Waals surface area contributed by atoms with Crippen molar-refractivity contribution in [2.75, 3.05) is 13.7 Å². The second-order valence-corrected chi connectivity index (χ2v) is 3.58. The van der Waals surface area contributed by atoms with E-state index in [1.165, 1.54) is 13.2 Å². The molecule has 18 heavy (non-hydrogen) atoms. The van der Waals surface area contributed by atoms with Crippen molar-refractivity contribution >= 4 is 5.97 Å². The van der Waals surface area contributed by atoms with Crippen LogP contribution in [0.3, 0.4) is 0 Å². The summed E-state index contributed by atoms with van der Waals surface area (Å²) in [5.74, 6) is 0.0252. The number of aliphatic hydroxyl groups is 2. The molecule has 0 aliphatic rings. The standard InChI is InChI=1S/C13H16O5/c1-3-12(11(15)8-14)18-13(16)9-4-6-10(17-2)7-5-9/h3-7,11-12,14-15H,1,8H2,2H3/t11-,12+/m0/s1. The lowest BCUT2D eigenvalue weighted by molar-refractivity contribution is -0.0183. The summed E-state index contributed by atoms with van der Waals surface area (Å²) in [6.07, 6.45) is -0.850. The van der Waals surface area contributed by atoms with Gasteiger partial charge in [0.1, 0.15) is 18.0 Å². The summed E-state index contributed by atoms with van der Waals surface area (Å²) in [5, 5.41) is 18.2. The van der Waals surface area contributed by atoms with Crippen LogP contribution in [0.5, 0.6) is 5.75 Å². The topological polar surface area (TPSA) is 76.0 Å². The Labute approximate surface area is 105 Å². The van der Waals surface area contributed by atoms with Gasteiger partial charge in [0, 0.05) is 0 Å². The van der Waals surface area contributed by atoms with Gasteiger partial charge in [-0.05, 0) is 30.3 Å². The summed E-state index contributed by atoms with van der Waals surface area (Å²) in [6.45, 7) is 2.93. The first-order valence-electron chi connectivity index (χ1n) is 5.39. The minimum atomic E-state index is -1.18. The molecule has 1 rings (SSSR count). The quantitative estimate of drug-likeness (QED) is 0.577. The maximum absolute atomic E-state index is 11.7. The van der Waals surface area contributed by atoms with E-state index in [1.54, 1.807) is 24.3 Å². The lowest BCUT2D eigenvalue weighted by atomic mass is 10.2. The molecular formula is C13H16O5. The SMILES string of the molecule is C=C[C@@H](OC(=O)c1ccc(OC)cc1)[C@@H](O)CO. The molecule has 0 spiro atoms. The van der Waals surface area contributed by atoms with E-state index in [9.17, 15) is 9.90 Å². The van der Waals surface area contributed by atoms with Crippen LogP contribution in [-0.4, -0.2) is 42.1 Å². The Bertz CT molecular complexity index is 398. The van der Waals surface area contributed by atoms with Gasteiger partial charge >= 0.3 is 5.97 Å². The average molecular weight is 252 g/mol. The fraction of sp³-hybridized carbons (Fsp3) is 0.308. The third-order valence-corrected chi connectivity index (χ3v) is 2.37. The van der Waals surface area contributed by atoms with E-state index < -0.39 is 24.8 Å². The number of esters is 1. The molecule has 0 fully saturated rings. The Balaban J connectivity index is 2.71. The van der Waals surface area contributed by atoms with Crippen molar-refractivity contribution in [3.63, 3.8) is 0 Å². The summed E-state index contributed by atoms with van der Waals surface area (Å²) in [4.78, 5) is 11.7. The van der Waals surface area contributed by atoms with Gasteiger partial charge in [0.25, 0.3) is 0 Å². The first kappa shape index (κ1) is 14.2. The van der Waals surface area contributed by atoms with Crippen molar-refractivity contribution in [2.45, 2.75) is 12.2 Å². The smallest absolute Gasteiger partial charge is 0.338 e. The predicted molar refractivity (Wildman–Crippen MR) is 65.5 cm³/mol. The van der Waals surface area contributed by atoms with Gasteiger partial charge in [-0.3, -0.25) is 0 Å². The summed E-state index contributed by atoms with van der Waals surface area (Å²) < 4.78 is 9.97. The molecule has 2 atom stereocenters. The van der Waals surface area contributed by atoms with Crippen LogP contribution >= 0.6 is 0 Å². The first-order chi connectivity index (χ1) is 8.62. The van der Waals surface area contributed by atoms with Gasteiger partial charge in [-0.25, -0.2) is 4.79 Å². The fourth-order valence-corrected chi connectivity index (χ4v) is 1.31. The van der Waals surface area contributed by atoms with Crippen LogP contribution in [0.1, 0.15) is 10.4 Å².